The molecule has 0 unspecified atom stereocenters. The van der Waals surface area contributed by atoms with E-state index in [0.29, 0.717) is 5.56 Å². The van der Waals surface area contributed by atoms with Gasteiger partial charge in [0.2, 0.25) is 0 Å². The number of carbonyl (C=O) groups is 1. The number of urea groups is 1. The maximum atomic E-state index is 13.0. The second kappa shape index (κ2) is 4.28. The number of hydrogen-bond donors (Lipinski definition) is 1. The fraction of sp³-hybridized carbons (Fsp3) is 0.222. The fourth-order valence-corrected chi connectivity index (χ4v) is 1.11. The summed E-state index contributed by atoms with van der Waals surface area (Å²) in [7, 11) is 1.54. The third-order valence-electron chi connectivity index (χ3n) is 1.78. The smallest absolute Gasteiger partial charge is 0.314 e. The van der Waals surface area contributed by atoms with Gasteiger partial charge in [-0.2, -0.15) is 0 Å². The van der Waals surface area contributed by atoms with Gasteiger partial charge in [0.05, 0.1) is 5.02 Å². The van der Waals surface area contributed by atoms with Crippen molar-refractivity contribution in [2.45, 2.75) is 6.54 Å². The van der Waals surface area contributed by atoms with Gasteiger partial charge >= 0.3 is 6.03 Å². The first-order chi connectivity index (χ1) is 6.50. The monoisotopic (exact) mass is 216 g/mol. The molecule has 0 bridgehead atoms. The molecule has 0 aromatic heterocycles. The van der Waals surface area contributed by atoms with Crippen LogP contribution in [0, 0.1) is 5.82 Å². The Morgan fingerprint density at radius 2 is 2.29 bits per heavy atom. The van der Waals surface area contributed by atoms with E-state index < -0.39 is 11.8 Å². The molecule has 3 nitrogen and oxygen atoms in total. The van der Waals surface area contributed by atoms with Crippen molar-refractivity contribution in [1.29, 1.82) is 0 Å². The third-order valence-corrected chi connectivity index (χ3v) is 2.09. The second-order valence-corrected chi connectivity index (χ2v) is 3.35. The summed E-state index contributed by atoms with van der Waals surface area (Å²) in [5.41, 5.74) is 5.67. The minimum absolute atomic E-state index is 0.0653. The van der Waals surface area contributed by atoms with Crippen LogP contribution in [-0.4, -0.2) is 18.0 Å². The van der Waals surface area contributed by atoms with Crippen LogP contribution in [-0.2, 0) is 6.54 Å². The number of rotatable bonds is 2. The highest BCUT2D eigenvalue weighted by atomic mass is 35.5. The normalized spacial score (nSPS) is 9.93. The number of carbonyl (C=O) groups excluding carboxylic acids is 1. The molecule has 2 amide bonds. The van der Waals surface area contributed by atoms with E-state index in [-0.39, 0.29) is 11.6 Å². The van der Waals surface area contributed by atoms with Gasteiger partial charge in [-0.3, -0.25) is 0 Å². The Hall–Kier alpha value is -1.29. The van der Waals surface area contributed by atoms with Crippen LogP contribution in [0.2, 0.25) is 5.02 Å². The highest BCUT2D eigenvalue weighted by Crippen LogP contribution is 2.16. The van der Waals surface area contributed by atoms with Crippen LogP contribution in [0.4, 0.5) is 9.18 Å². The van der Waals surface area contributed by atoms with Crippen molar-refractivity contribution in [3.63, 3.8) is 0 Å². The SMILES string of the molecule is CN(Cc1ccc(Cl)c(F)c1)C(N)=O. The molecule has 0 saturated heterocycles. The molecule has 0 atom stereocenters. The summed E-state index contributed by atoms with van der Waals surface area (Å²) in [5.74, 6) is -0.498. The van der Waals surface area contributed by atoms with Crippen LogP contribution < -0.4 is 5.73 Å². The lowest BCUT2D eigenvalue weighted by atomic mass is 10.2. The zero-order valence-electron chi connectivity index (χ0n) is 7.63. The first-order valence-electron chi connectivity index (χ1n) is 3.95. The number of nitrogens with two attached hydrogens (primary N) is 1. The summed E-state index contributed by atoms with van der Waals surface area (Å²) in [6.45, 7) is 0.267. The lowest BCUT2D eigenvalue weighted by Gasteiger charge is -2.13. The van der Waals surface area contributed by atoms with Crippen molar-refractivity contribution < 1.29 is 9.18 Å². The van der Waals surface area contributed by atoms with Gasteiger partial charge in [0, 0.05) is 13.6 Å². The molecule has 2 N–H and O–H groups in total. The Morgan fingerprint density at radius 1 is 1.64 bits per heavy atom. The van der Waals surface area contributed by atoms with Crippen molar-refractivity contribution in [2.24, 2.45) is 5.73 Å². The summed E-state index contributed by atoms with van der Waals surface area (Å²) < 4.78 is 13.0. The van der Waals surface area contributed by atoms with E-state index in [0.717, 1.165) is 0 Å². The molecule has 1 rings (SSSR count). The summed E-state index contributed by atoms with van der Waals surface area (Å²) in [4.78, 5) is 12.0. The average molecular weight is 217 g/mol. The summed E-state index contributed by atoms with van der Waals surface area (Å²) in [6, 6.07) is 3.81. The van der Waals surface area contributed by atoms with Gasteiger partial charge in [-0.15, -0.1) is 0 Å². The molecule has 1 aromatic rings. The van der Waals surface area contributed by atoms with E-state index in [1.54, 1.807) is 6.07 Å². The van der Waals surface area contributed by atoms with Crippen LogP contribution in [0.3, 0.4) is 0 Å². The minimum Gasteiger partial charge on any atom is -0.351 e. The molecule has 76 valence electrons. The highest BCUT2D eigenvalue weighted by Gasteiger charge is 2.06. The Balaban J connectivity index is 2.78. The van der Waals surface area contributed by atoms with Gasteiger partial charge in [0.15, 0.2) is 0 Å². The second-order valence-electron chi connectivity index (χ2n) is 2.94. The van der Waals surface area contributed by atoms with Gasteiger partial charge < -0.3 is 10.6 Å². The molecule has 0 heterocycles. The van der Waals surface area contributed by atoms with Gasteiger partial charge in [-0.05, 0) is 17.7 Å². The van der Waals surface area contributed by atoms with Crippen molar-refractivity contribution in [3.05, 3.63) is 34.6 Å². The van der Waals surface area contributed by atoms with Crippen LogP contribution >= 0.6 is 11.6 Å². The quantitative estimate of drug-likeness (QED) is 0.808. The minimum atomic E-state index is -0.555. The standard InChI is InChI=1S/C9H10ClFN2O/c1-13(9(12)14)5-6-2-3-7(10)8(11)4-6/h2-4H,5H2,1H3,(H2,12,14). The molecule has 0 radical (unpaired) electrons. The average Bonchev–Trinajstić information content (AvgIpc) is 2.11. The van der Waals surface area contributed by atoms with E-state index in [2.05, 4.69) is 0 Å². The molecule has 14 heavy (non-hydrogen) atoms. The largest absolute Gasteiger partial charge is 0.351 e. The van der Waals surface area contributed by atoms with Gasteiger partial charge in [-0.1, -0.05) is 17.7 Å². The molecule has 0 spiro atoms. The summed E-state index contributed by atoms with van der Waals surface area (Å²) in [5, 5.41) is 0.0653. The van der Waals surface area contributed by atoms with Crippen LogP contribution in [0.5, 0.6) is 0 Å². The zero-order chi connectivity index (χ0) is 10.7. The van der Waals surface area contributed by atoms with Crippen molar-refractivity contribution in [2.75, 3.05) is 7.05 Å². The number of hydrogen-bond acceptors (Lipinski definition) is 1. The molecular formula is C9H10ClFN2O. The molecular weight excluding hydrogens is 207 g/mol. The lowest BCUT2D eigenvalue weighted by Crippen LogP contribution is -2.31. The number of nitrogens with zero attached hydrogens (tertiary/aromatic N) is 1. The molecule has 0 saturated carbocycles. The molecule has 0 aliphatic carbocycles. The van der Waals surface area contributed by atoms with Gasteiger partial charge in [0.25, 0.3) is 0 Å². The number of primary amides is 1. The predicted molar refractivity (Wildman–Crippen MR) is 52.5 cm³/mol. The number of amides is 2. The van der Waals surface area contributed by atoms with Crippen molar-refractivity contribution in [1.82, 2.24) is 4.90 Å². The summed E-state index contributed by atoms with van der Waals surface area (Å²) >= 11 is 5.50. The number of halogens is 2. The molecule has 5 heteroatoms. The molecule has 1 aromatic carbocycles. The van der Waals surface area contributed by atoms with Crippen molar-refractivity contribution >= 4 is 17.6 Å². The van der Waals surface area contributed by atoms with E-state index >= 15 is 0 Å². The Labute approximate surface area is 86.3 Å². The topological polar surface area (TPSA) is 46.3 Å². The van der Waals surface area contributed by atoms with Gasteiger partial charge in [-0.25, -0.2) is 9.18 Å². The predicted octanol–water partition coefficient (Wildman–Crippen LogP) is 1.99. The third kappa shape index (κ3) is 2.60. The van der Waals surface area contributed by atoms with Crippen molar-refractivity contribution in [3.8, 4) is 0 Å². The van der Waals surface area contributed by atoms with E-state index in [9.17, 15) is 9.18 Å². The maximum absolute atomic E-state index is 13.0. The van der Waals surface area contributed by atoms with E-state index in [4.69, 9.17) is 17.3 Å². The van der Waals surface area contributed by atoms with E-state index in [1.165, 1.54) is 24.1 Å². The zero-order valence-corrected chi connectivity index (χ0v) is 8.38. The van der Waals surface area contributed by atoms with Gasteiger partial charge in [0.1, 0.15) is 5.82 Å². The van der Waals surface area contributed by atoms with Crippen LogP contribution in [0.25, 0.3) is 0 Å². The fourth-order valence-electron chi connectivity index (χ4n) is 0.990. The highest BCUT2D eigenvalue weighted by molar-refractivity contribution is 6.30. The molecule has 0 aliphatic rings. The number of benzene rings is 1. The molecule has 0 fully saturated rings. The molecule has 0 aliphatic heterocycles. The first-order valence-corrected chi connectivity index (χ1v) is 4.33. The first kappa shape index (κ1) is 10.8. The summed E-state index contributed by atoms with van der Waals surface area (Å²) in [6.07, 6.45) is 0. The van der Waals surface area contributed by atoms with E-state index in [1.807, 2.05) is 0 Å². The Morgan fingerprint density at radius 3 is 2.79 bits per heavy atom. The lowest BCUT2D eigenvalue weighted by molar-refractivity contribution is 0.216. The maximum Gasteiger partial charge on any atom is 0.314 e. The Bertz CT molecular complexity index is 357. The van der Waals surface area contributed by atoms with Crippen LogP contribution in [0.15, 0.2) is 18.2 Å². The van der Waals surface area contributed by atoms with Crippen LogP contribution in [0.1, 0.15) is 5.56 Å². The Kier molecular flexibility index (Phi) is 3.30.